The average Bonchev–Trinajstić information content (AvgIpc) is 3.57. The van der Waals surface area contributed by atoms with Crippen LogP contribution in [0, 0.1) is 0 Å². The van der Waals surface area contributed by atoms with Crippen molar-refractivity contribution in [1.82, 2.24) is 30.2 Å². The van der Waals surface area contributed by atoms with Gasteiger partial charge in [0.2, 0.25) is 5.43 Å². The molecule has 0 aliphatic carbocycles. The normalized spacial score (nSPS) is 13.2. The zero-order chi connectivity index (χ0) is 36.6. The predicted octanol–water partition coefficient (Wildman–Crippen LogP) is 6.85. The standard InChI is InChI=1S/C23H19F3N6O4S.C10H19NO2/c1-3-27-22(35)32-17-6-12(20-31-16(10-37-20)23(24,25)26)14(8-28-17)11-5-13-18(33)15(21(34)36-4-2)9-30-19(13)29-7-11;1-10(2,3)13-9(12)11-7-5-4-6-8-11/h5-10H,3-4H2,1-2H3,(H,29,30,33)(H2,27,28,32,35);4-8H2,1-3H3. The van der Waals surface area contributed by atoms with Crippen LogP contribution in [0.4, 0.5) is 28.6 Å². The zero-order valence-corrected chi connectivity index (χ0v) is 29.0. The Kier molecular flexibility index (Phi) is 12.2. The summed E-state index contributed by atoms with van der Waals surface area (Å²) in [4.78, 5) is 65.3. The number of nitrogens with one attached hydrogen (secondary N) is 3. The fraction of sp³-hybridized carbons (Fsp3) is 0.424. The Morgan fingerprint density at radius 2 is 1.74 bits per heavy atom. The van der Waals surface area contributed by atoms with Crippen molar-refractivity contribution in [3.05, 3.63) is 57.6 Å². The van der Waals surface area contributed by atoms with Gasteiger partial charge < -0.3 is 24.7 Å². The van der Waals surface area contributed by atoms with Crippen LogP contribution in [0.1, 0.15) is 69.9 Å². The van der Waals surface area contributed by atoms with Crippen molar-refractivity contribution in [3.8, 4) is 21.7 Å². The van der Waals surface area contributed by atoms with Crippen LogP contribution in [0.5, 0.6) is 0 Å². The summed E-state index contributed by atoms with van der Waals surface area (Å²) in [5.41, 5.74) is -1.23. The zero-order valence-electron chi connectivity index (χ0n) is 28.2. The third-order valence-corrected chi connectivity index (χ3v) is 7.93. The summed E-state index contributed by atoms with van der Waals surface area (Å²) in [6.07, 6.45) is 2.59. The Labute approximate surface area is 289 Å². The van der Waals surface area contributed by atoms with Gasteiger partial charge in [0.05, 0.1) is 12.0 Å². The molecule has 4 aromatic heterocycles. The van der Waals surface area contributed by atoms with Crippen molar-refractivity contribution in [2.45, 2.75) is 65.7 Å². The van der Waals surface area contributed by atoms with Crippen LogP contribution in [-0.4, -0.2) is 74.8 Å². The Morgan fingerprint density at radius 1 is 1.02 bits per heavy atom. The molecule has 1 aliphatic rings. The number of fused-ring (bicyclic) bond motifs is 1. The van der Waals surface area contributed by atoms with Crippen molar-refractivity contribution in [2.24, 2.45) is 0 Å². The minimum Gasteiger partial charge on any atom is -0.462 e. The minimum atomic E-state index is -4.65. The second-order valence-electron chi connectivity index (χ2n) is 12.0. The number of ether oxygens (including phenoxy) is 2. The smallest absolute Gasteiger partial charge is 0.434 e. The van der Waals surface area contributed by atoms with Crippen LogP contribution >= 0.6 is 11.3 Å². The number of piperidine rings is 1. The van der Waals surface area contributed by atoms with Gasteiger partial charge in [-0.25, -0.2) is 29.3 Å². The van der Waals surface area contributed by atoms with Crippen LogP contribution in [0.3, 0.4) is 0 Å². The number of anilines is 1. The number of hydrogen-bond acceptors (Lipinski definition) is 10. The molecule has 0 radical (unpaired) electrons. The number of amides is 3. The summed E-state index contributed by atoms with van der Waals surface area (Å²) in [5.74, 6) is -0.730. The Balaban J connectivity index is 0.000000363. The van der Waals surface area contributed by atoms with Gasteiger partial charge in [0, 0.05) is 60.3 Å². The van der Waals surface area contributed by atoms with E-state index in [1.165, 1.54) is 37.1 Å². The van der Waals surface area contributed by atoms with E-state index >= 15 is 0 Å². The third kappa shape index (κ3) is 9.77. The van der Waals surface area contributed by atoms with Crippen LogP contribution in [0.15, 0.2) is 40.9 Å². The van der Waals surface area contributed by atoms with Gasteiger partial charge in [-0.3, -0.25) is 10.1 Å². The summed E-state index contributed by atoms with van der Waals surface area (Å²) >= 11 is 0.758. The molecule has 3 N–H and O–H groups in total. The number of hydrogen-bond donors (Lipinski definition) is 3. The van der Waals surface area contributed by atoms with Crippen LogP contribution in [0.25, 0.3) is 32.7 Å². The van der Waals surface area contributed by atoms with E-state index in [4.69, 9.17) is 9.47 Å². The highest BCUT2D eigenvalue weighted by molar-refractivity contribution is 7.13. The fourth-order valence-corrected chi connectivity index (χ4v) is 5.65. The van der Waals surface area contributed by atoms with E-state index in [1.807, 2.05) is 20.8 Å². The quantitative estimate of drug-likeness (QED) is 0.181. The number of urea groups is 1. The van der Waals surface area contributed by atoms with Gasteiger partial charge in [-0.05, 0) is 66.0 Å². The molecular formula is C33H38F3N7O6S. The largest absolute Gasteiger partial charge is 0.462 e. The molecule has 1 saturated heterocycles. The number of H-pyrrole nitrogens is 1. The topological polar surface area (TPSA) is 168 Å². The van der Waals surface area contributed by atoms with E-state index in [-0.39, 0.29) is 51.3 Å². The van der Waals surface area contributed by atoms with E-state index in [1.54, 1.807) is 18.7 Å². The summed E-state index contributed by atoms with van der Waals surface area (Å²) < 4.78 is 49.9. The molecule has 0 atom stereocenters. The van der Waals surface area contributed by atoms with Crippen molar-refractivity contribution < 1.29 is 37.0 Å². The van der Waals surface area contributed by atoms with Crippen molar-refractivity contribution in [3.63, 3.8) is 0 Å². The lowest BCUT2D eigenvalue weighted by atomic mass is 10.0. The molecule has 0 bridgehead atoms. The van der Waals surface area contributed by atoms with Gasteiger partial charge >= 0.3 is 24.3 Å². The number of nitrogens with zero attached hydrogens (tertiary/aromatic N) is 4. The number of thiazole rings is 1. The molecule has 13 nitrogen and oxygen atoms in total. The lowest BCUT2D eigenvalue weighted by Crippen LogP contribution is -2.39. The number of aromatic nitrogens is 4. The number of carbonyl (C=O) groups is 3. The van der Waals surface area contributed by atoms with Gasteiger partial charge in [0.25, 0.3) is 0 Å². The molecule has 17 heteroatoms. The second-order valence-corrected chi connectivity index (χ2v) is 12.9. The maximum absolute atomic E-state index is 13.2. The molecule has 268 valence electrons. The summed E-state index contributed by atoms with van der Waals surface area (Å²) in [5, 5.41) is 6.00. The van der Waals surface area contributed by atoms with Crippen molar-refractivity contribution in [2.75, 3.05) is 31.6 Å². The highest BCUT2D eigenvalue weighted by Crippen LogP contribution is 2.38. The highest BCUT2D eigenvalue weighted by atomic mass is 32.1. The van der Waals surface area contributed by atoms with Gasteiger partial charge in [0.1, 0.15) is 27.6 Å². The maximum atomic E-state index is 13.2. The van der Waals surface area contributed by atoms with Gasteiger partial charge in [-0.2, -0.15) is 13.2 Å². The Morgan fingerprint density at radius 3 is 2.36 bits per heavy atom. The van der Waals surface area contributed by atoms with Gasteiger partial charge in [0.15, 0.2) is 5.69 Å². The van der Waals surface area contributed by atoms with Crippen molar-refractivity contribution in [1.29, 1.82) is 0 Å². The molecule has 1 aliphatic heterocycles. The number of esters is 1. The number of carbonyl (C=O) groups excluding carboxylic acids is 3. The first-order valence-electron chi connectivity index (χ1n) is 15.9. The second kappa shape index (κ2) is 16.1. The van der Waals surface area contributed by atoms with Gasteiger partial charge in [-0.15, -0.1) is 11.3 Å². The number of likely N-dealkylation sites (tertiary alicyclic amines) is 1. The molecule has 1 fully saturated rings. The molecular weight excluding hydrogens is 679 g/mol. The predicted molar refractivity (Wildman–Crippen MR) is 182 cm³/mol. The monoisotopic (exact) mass is 717 g/mol. The molecule has 0 spiro atoms. The number of rotatable bonds is 6. The van der Waals surface area contributed by atoms with Crippen LogP contribution in [-0.2, 0) is 15.7 Å². The molecule has 50 heavy (non-hydrogen) atoms. The highest BCUT2D eigenvalue weighted by Gasteiger charge is 2.34. The summed E-state index contributed by atoms with van der Waals surface area (Å²) in [6.45, 7) is 11.2. The maximum Gasteiger partial charge on any atom is 0.434 e. The van der Waals surface area contributed by atoms with E-state index in [2.05, 4.69) is 30.6 Å². The first kappa shape index (κ1) is 37.8. The van der Waals surface area contributed by atoms with Crippen molar-refractivity contribution >= 4 is 46.3 Å². The van der Waals surface area contributed by atoms with E-state index < -0.39 is 29.3 Å². The lowest BCUT2D eigenvalue weighted by Gasteiger charge is -2.29. The average molecular weight is 718 g/mol. The van der Waals surface area contributed by atoms with E-state index in [0.717, 1.165) is 42.6 Å². The number of pyridine rings is 3. The first-order chi connectivity index (χ1) is 23.6. The number of halogens is 3. The minimum absolute atomic E-state index is 0.0120. The molecule has 0 aromatic carbocycles. The molecule has 0 saturated carbocycles. The number of alkyl halides is 3. The molecule has 4 aromatic rings. The molecule has 5 heterocycles. The molecule has 5 rings (SSSR count). The first-order valence-corrected chi connectivity index (χ1v) is 16.7. The summed E-state index contributed by atoms with van der Waals surface area (Å²) in [6, 6.07) is 2.28. The van der Waals surface area contributed by atoms with Gasteiger partial charge in [-0.1, -0.05) is 0 Å². The van der Waals surface area contributed by atoms with Crippen LogP contribution < -0.4 is 16.1 Å². The fourth-order valence-electron chi connectivity index (χ4n) is 4.79. The lowest BCUT2D eigenvalue weighted by molar-refractivity contribution is -0.140. The Bertz CT molecular complexity index is 1900. The van der Waals surface area contributed by atoms with E-state index in [9.17, 15) is 32.3 Å². The number of aromatic amines is 1. The summed E-state index contributed by atoms with van der Waals surface area (Å²) in [7, 11) is 0. The van der Waals surface area contributed by atoms with E-state index in [0.29, 0.717) is 17.7 Å². The SMILES string of the molecule is CC(C)(C)OC(=O)N1CCCCC1.CCNC(=O)Nc1cc(-c2nc(C(F)(F)F)cs2)c(-c2cnc3[nH]cc(C(=O)OCC)c(=O)c3c2)cn1. The Hall–Kier alpha value is -5.06. The third-order valence-electron chi connectivity index (χ3n) is 7.05. The molecule has 3 amide bonds. The molecule has 0 unspecified atom stereocenters. The van der Waals surface area contributed by atoms with Crippen LogP contribution in [0.2, 0.25) is 0 Å².